The standard InChI is InChI=1S/C16H24N2O3.ClH/c1-17(16(19)20)12-14-7-6-13(10-15(14)21-2)11-18-8-4-3-5-9-18;/h6-7,10H,3-5,8-9,11-12H2,1-2H3,(H,19,20);1H. The number of nitrogens with zero attached hydrogens (tertiary/aromatic N) is 2. The maximum absolute atomic E-state index is 10.9. The number of likely N-dealkylation sites (tertiary alicyclic amines) is 1. The fourth-order valence-electron chi connectivity index (χ4n) is 2.72. The van der Waals surface area contributed by atoms with Crippen LogP contribution >= 0.6 is 12.4 Å². The van der Waals surface area contributed by atoms with Gasteiger partial charge in [-0.1, -0.05) is 18.6 Å². The molecule has 0 saturated carbocycles. The minimum Gasteiger partial charge on any atom is -0.496 e. The molecule has 1 aromatic rings. The van der Waals surface area contributed by atoms with Crippen LogP contribution in [-0.4, -0.2) is 48.2 Å². The van der Waals surface area contributed by atoms with Crippen LogP contribution < -0.4 is 4.74 Å². The Bertz CT molecular complexity index is 490. The summed E-state index contributed by atoms with van der Waals surface area (Å²) in [6.07, 6.45) is 2.95. The van der Waals surface area contributed by atoms with E-state index in [4.69, 9.17) is 9.84 Å². The number of methoxy groups -OCH3 is 1. The lowest BCUT2D eigenvalue weighted by Crippen LogP contribution is -2.29. The molecule has 1 fully saturated rings. The Morgan fingerprint density at radius 1 is 1.32 bits per heavy atom. The molecule has 0 atom stereocenters. The van der Waals surface area contributed by atoms with Crippen LogP contribution in [0.15, 0.2) is 18.2 Å². The first-order valence-electron chi connectivity index (χ1n) is 7.42. The molecule has 22 heavy (non-hydrogen) atoms. The monoisotopic (exact) mass is 328 g/mol. The predicted molar refractivity (Wildman–Crippen MR) is 88.9 cm³/mol. The van der Waals surface area contributed by atoms with Gasteiger partial charge in [-0.3, -0.25) is 4.90 Å². The quantitative estimate of drug-likeness (QED) is 0.901. The summed E-state index contributed by atoms with van der Waals surface area (Å²) in [5.74, 6) is 0.762. The van der Waals surface area contributed by atoms with Crippen molar-refractivity contribution in [3.63, 3.8) is 0 Å². The third-order valence-corrected chi connectivity index (χ3v) is 3.94. The van der Waals surface area contributed by atoms with Gasteiger partial charge in [0.25, 0.3) is 0 Å². The van der Waals surface area contributed by atoms with Crippen LogP contribution in [0.1, 0.15) is 30.4 Å². The van der Waals surface area contributed by atoms with Gasteiger partial charge in [0.15, 0.2) is 0 Å². The van der Waals surface area contributed by atoms with Crippen molar-refractivity contribution in [2.75, 3.05) is 27.2 Å². The molecule has 6 heteroatoms. The second-order valence-corrected chi connectivity index (χ2v) is 5.62. The first kappa shape index (κ1) is 18.6. The number of carbonyl (C=O) groups is 1. The van der Waals surface area contributed by atoms with Crippen molar-refractivity contribution >= 4 is 18.5 Å². The zero-order valence-corrected chi connectivity index (χ0v) is 14.1. The van der Waals surface area contributed by atoms with E-state index in [1.807, 2.05) is 12.1 Å². The molecule has 2 rings (SSSR count). The Morgan fingerprint density at radius 3 is 2.59 bits per heavy atom. The molecule has 1 heterocycles. The van der Waals surface area contributed by atoms with Gasteiger partial charge in [0.2, 0.25) is 0 Å². The molecule has 124 valence electrons. The number of hydrogen-bond donors (Lipinski definition) is 1. The van der Waals surface area contributed by atoms with Gasteiger partial charge in [-0.15, -0.1) is 12.4 Å². The molecule has 0 aliphatic carbocycles. The molecule has 0 spiro atoms. The van der Waals surface area contributed by atoms with E-state index in [1.165, 1.54) is 29.7 Å². The van der Waals surface area contributed by atoms with Crippen LogP contribution in [0.4, 0.5) is 4.79 Å². The fraction of sp³-hybridized carbons (Fsp3) is 0.562. The fourth-order valence-corrected chi connectivity index (χ4v) is 2.72. The van der Waals surface area contributed by atoms with Crippen molar-refractivity contribution in [1.82, 2.24) is 9.80 Å². The number of piperidine rings is 1. The Morgan fingerprint density at radius 2 is 2.00 bits per heavy atom. The number of benzene rings is 1. The van der Waals surface area contributed by atoms with Gasteiger partial charge in [0.05, 0.1) is 13.7 Å². The van der Waals surface area contributed by atoms with E-state index in [1.54, 1.807) is 14.2 Å². The highest BCUT2D eigenvalue weighted by Gasteiger charge is 2.14. The minimum absolute atomic E-state index is 0. The lowest BCUT2D eigenvalue weighted by atomic mass is 10.1. The van der Waals surface area contributed by atoms with Gasteiger partial charge in [0.1, 0.15) is 5.75 Å². The number of amides is 1. The van der Waals surface area contributed by atoms with Crippen molar-refractivity contribution in [1.29, 1.82) is 0 Å². The van der Waals surface area contributed by atoms with Gasteiger partial charge in [-0.2, -0.15) is 0 Å². The molecular formula is C16H25ClN2O3. The molecule has 1 aliphatic heterocycles. The van der Waals surface area contributed by atoms with Gasteiger partial charge in [0, 0.05) is 19.2 Å². The van der Waals surface area contributed by atoms with E-state index >= 15 is 0 Å². The molecule has 1 amide bonds. The topological polar surface area (TPSA) is 53.0 Å². The van der Waals surface area contributed by atoms with Crippen molar-refractivity contribution in [3.05, 3.63) is 29.3 Å². The van der Waals surface area contributed by atoms with E-state index in [9.17, 15) is 4.79 Å². The summed E-state index contributed by atoms with van der Waals surface area (Å²) in [5.41, 5.74) is 2.11. The summed E-state index contributed by atoms with van der Waals surface area (Å²) in [7, 11) is 3.19. The van der Waals surface area contributed by atoms with E-state index in [0.29, 0.717) is 6.54 Å². The molecule has 1 saturated heterocycles. The van der Waals surface area contributed by atoms with E-state index in [2.05, 4.69) is 11.0 Å². The van der Waals surface area contributed by atoms with E-state index in [-0.39, 0.29) is 12.4 Å². The lowest BCUT2D eigenvalue weighted by molar-refractivity contribution is 0.153. The number of halogens is 1. The molecule has 0 aromatic heterocycles. The zero-order chi connectivity index (χ0) is 15.2. The van der Waals surface area contributed by atoms with Gasteiger partial charge < -0.3 is 14.7 Å². The molecule has 0 unspecified atom stereocenters. The molecule has 1 aliphatic rings. The average molecular weight is 329 g/mol. The second kappa shape index (κ2) is 8.86. The van der Waals surface area contributed by atoms with Crippen LogP contribution in [0.2, 0.25) is 0 Å². The van der Waals surface area contributed by atoms with Crippen molar-refractivity contribution in [2.24, 2.45) is 0 Å². The predicted octanol–water partition coefficient (Wildman–Crippen LogP) is 3.21. The zero-order valence-electron chi connectivity index (χ0n) is 13.2. The Kier molecular flexibility index (Phi) is 7.48. The molecule has 1 N–H and O–H groups in total. The Hall–Kier alpha value is -1.46. The highest BCUT2D eigenvalue weighted by atomic mass is 35.5. The first-order chi connectivity index (χ1) is 10.1. The number of rotatable bonds is 5. The molecule has 0 radical (unpaired) electrons. The van der Waals surface area contributed by atoms with Crippen LogP contribution in [0, 0.1) is 0 Å². The number of ether oxygens (including phenoxy) is 1. The maximum Gasteiger partial charge on any atom is 0.407 e. The SMILES string of the molecule is COc1cc(CN2CCCCC2)ccc1CN(C)C(=O)O.Cl. The lowest BCUT2D eigenvalue weighted by Gasteiger charge is -2.26. The van der Waals surface area contributed by atoms with Crippen molar-refractivity contribution in [3.8, 4) is 5.75 Å². The molecule has 1 aromatic carbocycles. The van der Waals surface area contributed by atoms with Gasteiger partial charge in [-0.05, 0) is 37.6 Å². The summed E-state index contributed by atoms with van der Waals surface area (Å²) in [6, 6.07) is 6.07. The van der Waals surface area contributed by atoms with Crippen molar-refractivity contribution in [2.45, 2.75) is 32.4 Å². The summed E-state index contributed by atoms with van der Waals surface area (Å²) in [5, 5.41) is 8.96. The third kappa shape index (κ3) is 5.07. The summed E-state index contributed by atoms with van der Waals surface area (Å²) >= 11 is 0. The summed E-state index contributed by atoms with van der Waals surface area (Å²) in [6.45, 7) is 3.59. The Labute approximate surface area is 138 Å². The number of hydrogen-bond acceptors (Lipinski definition) is 3. The Balaban J connectivity index is 0.00000242. The minimum atomic E-state index is -0.936. The largest absolute Gasteiger partial charge is 0.496 e. The maximum atomic E-state index is 10.9. The molecule has 0 bridgehead atoms. The van der Waals surface area contributed by atoms with Gasteiger partial charge >= 0.3 is 6.09 Å². The normalized spacial score (nSPS) is 15.0. The van der Waals surface area contributed by atoms with Crippen molar-refractivity contribution < 1.29 is 14.6 Å². The number of carboxylic acid groups (broad SMARTS) is 1. The van der Waals surface area contributed by atoms with E-state index in [0.717, 1.165) is 30.9 Å². The summed E-state index contributed by atoms with van der Waals surface area (Å²) in [4.78, 5) is 14.6. The third-order valence-electron chi connectivity index (χ3n) is 3.94. The van der Waals surface area contributed by atoms with Gasteiger partial charge in [-0.25, -0.2) is 4.79 Å². The average Bonchev–Trinajstić information content (AvgIpc) is 2.49. The molecular weight excluding hydrogens is 304 g/mol. The summed E-state index contributed by atoms with van der Waals surface area (Å²) < 4.78 is 5.42. The van der Waals surface area contributed by atoms with Crippen LogP contribution in [0.5, 0.6) is 5.75 Å². The second-order valence-electron chi connectivity index (χ2n) is 5.62. The smallest absolute Gasteiger partial charge is 0.407 e. The van der Waals surface area contributed by atoms with Crippen LogP contribution in [0.25, 0.3) is 0 Å². The van der Waals surface area contributed by atoms with E-state index < -0.39 is 6.09 Å². The first-order valence-corrected chi connectivity index (χ1v) is 7.42. The van der Waals surface area contributed by atoms with Crippen LogP contribution in [0.3, 0.4) is 0 Å². The highest BCUT2D eigenvalue weighted by molar-refractivity contribution is 5.85. The highest BCUT2D eigenvalue weighted by Crippen LogP contribution is 2.23. The molecule has 5 nitrogen and oxygen atoms in total. The van der Waals surface area contributed by atoms with Crippen LogP contribution in [-0.2, 0) is 13.1 Å².